The molecule has 0 aliphatic heterocycles. The van der Waals surface area contributed by atoms with Crippen molar-refractivity contribution < 1.29 is 14.1 Å². The molecule has 0 bridgehead atoms. The highest BCUT2D eigenvalue weighted by Crippen LogP contribution is 2.28. The lowest BCUT2D eigenvalue weighted by atomic mass is 9.98. The second-order valence-corrected chi connectivity index (χ2v) is 8.71. The first-order valence-corrected chi connectivity index (χ1v) is 11.5. The lowest BCUT2D eigenvalue weighted by molar-refractivity contribution is -0.385. The summed E-state index contributed by atoms with van der Waals surface area (Å²) in [4.78, 5) is 27.6. The number of benzene rings is 3. The Morgan fingerprint density at radius 1 is 1.14 bits per heavy atom. The van der Waals surface area contributed by atoms with E-state index in [0.717, 1.165) is 23.1 Å². The molecule has 3 aromatic carbocycles. The van der Waals surface area contributed by atoms with Crippen LogP contribution in [0.5, 0.6) is 0 Å². The Morgan fingerprint density at radius 2 is 1.89 bits per heavy atom. The van der Waals surface area contributed by atoms with Gasteiger partial charge in [-0.05, 0) is 85.6 Å². The third kappa shape index (κ3) is 5.36. The van der Waals surface area contributed by atoms with Gasteiger partial charge in [0.2, 0.25) is 5.89 Å². The summed E-state index contributed by atoms with van der Waals surface area (Å²) < 4.78 is 5.92. The highest BCUT2D eigenvalue weighted by atomic mass is 32.1. The van der Waals surface area contributed by atoms with E-state index < -0.39 is 10.8 Å². The highest BCUT2D eigenvalue weighted by Gasteiger charge is 2.15. The standard InChI is InChI=1S/C26H24N4O4S/c1-4-15(2)18-8-12-23-21(14-18)28-25(34-23)17-5-9-20(10-6-17)27-26(35)29-24(31)19-7-11-22(30(32)33)16(3)13-19/h5-15H,4H2,1-3H3,(H2,27,29,31,35). The average Bonchev–Trinajstić information content (AvgIpc) is 3.27. The molecule has 4 rings (SSSR count). The van der Waals surface area contributed by atoms with Crippen LogP contribution in [0.25, 0.3) is 22.6 Å². The van der Waals surface area contributed by atoms with Gasteiger partial charge in [0, 0.05) is 28.4 Å². The van der Waals surface area contributed by atoms with Crippen LogP contribution in [0.15, 0.2) is 65.1 Å². The SMILES string of the molecule is CCC(C)c1ccc2oc(-c3ccc(NC(=S)NC(=O)c4ccc([N+](=O)[O-])c(C)c4)cc3)nc2c1. The van der Waals surface area contributed by atoms with E-state index in [0.29, 0.717) is 23.1 Å². The molecule has 1 unspecified atom stereocenters. The smallest absolute Gasteiger partial charge is 0.272 e. The number of amides is 1. The van der Waals surface area contributed by atoms with Crippen molar-refractivity contribution in [2.75, 3.05) is 5.32 Å². The number of oxazole rings is 1. The van der Waals surface area contributed by atoms with Crippen LogP contribution in [0.3, 0.4) is 0 Å². The summed E-state index contributed by atoms with van der Waals surface area (Å²) in [5, 5.41) is 16.6. The van der Waals surface area contributed by atoms with E-state index in [2.05, 4.69) is 41.6 Å². The molecule has 35 heavy (non-hydrogen) atoms. The highest BCUT2D eigenvalue weighted by molar-refractivity contribution is 7.80. The monoisotopic (exact) mass is 488 g/mol. The van der Waals surface area contributed by atoms with E-state index in [1.165, 1.54) is 23.8 Å². The quantitative estimate of drug-likeness (QED) is 0.185. The van der Waals surface area contributed by atoms with Crippen LogP contribution in [0.4, 0.5) is 11.4 Å². The Bertz CT molecular complexity index is 1430. The van der Waals surface area contributed by atoms with Gasteiger partial charge in [0.1, 0.15) is 5.52 Å². The van der Waals surface area contributed by atoms with Crippen LogP contribution in [-0.4, -0.2) is 20.9 Å². The van der Waals surface area contributed by atoms with E-state index >= 15 is 0 Å². The summed E-state index contributed by atoms with van der Waals surface area (Å²) in [5.41, 5.74) is 4.91. The van der Waals surface area contributed by atoms with E-state index in [1.807, 2.05) is 30.3 Å². The lowest BCUT2D eigenvalue weighted by Crippen LogP contribution is -2.34. The maximum absolute atomic E-state index is 12.5. The molecule has 1 amide bonds. The number of hydrogen-bond donors (Lipinski definition) is 2. The maximum atomic E-state index is 12.5. The minimum atomic E-state index is -0.488. The first-order valence-electron chi connectivity index (χ1n) is 11.1. The zero-order valence-corrected chi connectivity index (χ0v) is 20.3. The number of nitro groups is 1. The molecule has 0 aliphatic rings. The minimum absolute atomic E-state index is 0.0442. The van der Waals surface area contributed by atoms with Crippen LogP contribution < -0.4 is 10.6 Å². The molecule has 8 nitrogen and oxygen atoms in total. The van der Waals surface area contributed by atoms with E-state index in [9.17, 15) is 14.9 Å². The summed E-state index contributed by atoms with van der Waals surface area (Å²) in [6, 6.07) is 17.6. The normalized spacial score (nSPS) is 11.7. The molecule has 0 fully saturated rings. The molecule has 0 aliphatic carbocycles. The first kappa shape index (κ1) is 24.0. The predicted molar refractivity (Wildman–Crippen MR) is 140 cm³/mol. The number of nitro benzene ring substituents is 1. The van der Waals surface area contributed by atoms with Crippen LogP contribution in [0.2, 0.25) is 0 Å². The molecule has 1 aromatic heterocycles. The van der Waals surface area contributed by atoms with Gasteiger partial charge in [0.15, 0.2) is 10.7 Å². The van der Waals surface area contributed by atoms with Crippen LogP contribution in [0, 0.1) is 17.0 Å². The summed E-state index contributed by atoms with van der Waals surface area (Å²) in [5.74, 6) is 0.524. The molecule has 0 spiro atoms. The Morgan fingerprint density at radius 3 is 2.54 bits per heavy atom. The number of hydrogen-bond acceptors (Lipinski definition) is 6. The topological polar surface area (TPSA) is 110 Å². The number of nitrogens with zero attached hydrogens (tertiary/aromatic N) is 2. The Hall–Kier alpha value is -4.11. The fourth-order valence-electron chi connectivity index (χ4n) is 3.65. The maximum Gasteiger partial charge on any atom is 0.272 e. The molecule has 0 saturated carbocycles. The summed E-state index contributed by atoms with van der Waals surface area (Å²) in [6.07, 6.45) is 1.06. The van der Waals surface area contributed by atoms with Crippen molar-refractivity contribution in [3.63, 3.8) is 0 Å². The molecule has 1 atom stereocenters. The van der Waals surface area contributed by atoms with Crippen LogP contribution in [-0.2, 0) is 0 Å². The van der Waals surface area contributed by atoms with Gasteiger partial charge < -0.3 is 9.73 Å². The van der Waals surface area contributed by atoms with Gasteiger partial charge in [-0.2, -0.15) is 0 Å². The van der Waals surface area contributed by atoms with Crippen molar-refractivity contribution in [3.8, 4) is 11.5 Å². The van der Waals surface area contributed by atoms with Gasteiger partial charge in [-0.15, -0.1) is 0 Å². The van der Waals surface area contributed by atoms with E-state index in [4.69, 9.17) is 16.6 Å². The fourth-order valence-corrected chi connectivity index (χ4v) is 3.86. The molecular formula is C26H24N4O4S. The molecule has 1 heterocycles. The van der Waals surface area contributed by atoms with E-state index in [-0.39, 0.29) is 16.4 Å². The van der Waals surface area contributed by atoms with Crippen molar-refractivity contribution in [3.05, 3.63) is 87.5 Å². The largest absolute Gasteiger partial charge is 0.436 e. The van der Waals surface area contributed by atoms with Crippen molar-refractivity contribution in [1.29, 1.82) is 0 Å². The molecular weight excluding hydrogens is 464 g/mol. The van der Waals surface area contributed by atoms with Gasteiger partial charge in [0.25, 0.3) is 11.6 Å². The van der Waals surface area contributed by atoms with Crippen LogP contribution >= 0.6 is 12.2 Å². The summed E-state index contributed by atoms with van der Waals surface area (Å²) in [6.45, 7) is 5.93. The Balaban J connectivity index is 1.42. The third-order valence-electron chi connectivity index (χ3n) is 5.87. The fraction of sp³-hybridized carbons (Fsp3) is 0.192. The second kappa shape index (κ2) is 10.0. The van der Waals surface area contributed by atoms with Gasteiger partial charge in [-0.3, -0.25) is 20.2 Å². The Kier molecular flexibility index (Phi) is 6.88. The van der Waals surface area contributed by atoms with Gasteiger partial charge in [0.05, 0.1) is 4.92 Å². The van der Waals surface area contributed by atoms with Gasteiger partial charge >= 0.3 is 0 Å². The number of nitrogens with one attached hydrogen (secondary N) is 2. The zero-order chi connectivity index (χ0) is 25.1. The molecule has 9 heteroatoms. The minimum Gasteiger partial charge on any atom is -0.436 e. The number of thiocarbonyl (C=S) groups is 1. The number of anilines is 1. The number of carbonyl (C=O) groups excluding carboxylic acids is 1. The second-order valence-electron chi connectivity index (χ2n) is 8.30. The number of aromatic nitrogens is 1. The molecule has 0 radical (unpaired) electrons. The number of fused-ring (bicyclic) bond motifs is 1. The molecule has 2 N–H and O–H groups in total. The Labute approximate surface area is 207 Å². The molecule has 178 valence electrons. The van der Waals surface area contributed by atoms with Gasteiger partial charge in [-0.1, -0.05) is 19.9 Å². The lowest BCUT2D eigenvalue weighted by Gasteiger charge is -2.10. The van der Waals surface area contributed by atoms with Crippen molar-refractivity contribution in [2.45, 2.75) is 33.1 Å². The average molecular weight is 489 g/mol. The van der Waals surface area contributed by atoms with Crippen molar-refractivity contribution >= 4 is 45.7 Å². The first-order chi connectivity index (χ1) is 16.7. The zero-order valence-electron chi connectivity index (χ0n) is 19.5. The van der Waals surface area contributed by atoms with Gasteiger partial charge in [-0.25, -0.2) is 4.98 Å². The predicted octanol–water partition coefficient (Wildman–Crippen LogP) is 6.35. The number of carbonyl (C=O) groups is 1. The van der Waals surface area contributed by atoms with E-state index in [1.54, 1.807) is 6.92 Å². The van der Waals surface area contributed by atoms with Crippen LogP contribution in [0.1, 0.15) is 47.7 Å². The number of rotatable bonds is 6. The molecule has 4 aromatic rings. The third-order valence-corrected chi connectivity index (χ3v) is 6.07. The molecule has 0 saturated heterocycles. The summed E-state index contributed by atoms with van der Waals surface area (Å²) in [7, 11) is 0. The number of aryl methyl sites for hydroxylation is 1. The summed E-state index contributed by atoms with van der Waals surface area (Å²) >= 11 is 5.24. The van der Waals surface area contributed by atoms with Crippen molar-refractivity contribution in [1.82, 2.24) is 10.3 Å². The van der Waals surface area contributed by atoms with Crippen molar-refractivity contribution in [2.24, 2.45) is 0 Å².